The Kier molecular flexibility index (Phi) is 5.75. The van der Waals surface area contributed by atoms with Crippen LogP contribution in [0.25, 0.3) is 0 Å². The minimum Gasteiger partial charge on any atom is -0.480 e. The van der Waals surface area contributed by atoms with Gasteiger partial charge in [-0.25, -0.2) is 4.79 Å². The first-order valence-corrected chi connectivity index (χ1v) is 6.56. The van der Waals surface area contributed by atoms with Gasteiger partial charge in [0.15, 0.2) is 0 Å². The van der Waals surface area contributed by atoms with E-state index in [1.807, 2.05) is 6.92 Å². The van der Waals surface area contributed by atoms with Crippen molar-refractivity contribution in [2.24, 2.45) is 0 Å². The lowest BCUT2D eigenvalue weighted by atomic mass is 9.77. The third kappa shape index (κ3) is 4.51. The van der Waals surface area contributed by atoms with Crippen molar-refractivity contribution in [2.45, 2.75) is 44.6 Å². The SMILES string of the molecule is CCCCNC(=O)NC(=O)CNC1(C(=O)O)CCC1. The maximum atomic E-state index is 11.5. The third-order valence-electron chi connectivity index (χ3n) is 3.27. The second-order valence-electron chi connectivity index (χ2n) is 4.75. The van der Waals surface area contributed by atoms with Crippen LogP contribution in [0.5, 0.6) is 0 Å². The van der Waals surface area contributed by atoms with Gasteiger partial charge in [-0.1, -0.05) is 13.3 Å². The van der Waals surface area contributed by atoms with Crippen LogP contribution in [0.1, 0.15) is 39.0 Å². The van der Waals surface area contributed by atoms with Crippen molar-refractivity contribution in [1.29, 1.82) is 0 Å². The molecule has 0 bridgehead atoms. The Balaban J connectivity index is 2.24. The molecule has 7 heteroatoms. The molecule has 1 fully saturated rings. The maximum absolute atomic E-state index is 11.5. The molecule has 4 N–H and O–H groups in total. The number of carbonyl (C=O) groups excluding carboxylic acids is 2. The van der Waals surface area contributed by atoms with Crippen molar-refractivity contribution in [1.82, 2.24) is 16.0 Å². The number of urea groups is 1. The van der Waals surface area contributed by atoms with Gasteiger partial charge < -0.3 is 10.4 Å². The summed E-state index contributed by atoms with van der Waals surface area (Å²) in [5.41, 5.74) is -0.990. The molecule has 0 aliphatic heterocycles. The number of aliphatic carboxylic acids is 1. The molecule has 7 nitrogen and oxygen atoms in total. The minimum absolute atomic E-state index is 0.173. The Bertz CT molecular complexity index is 353. The zero-order valence-electron chi connectivity index (χ0n) is 11.1. The van der Waals surface area contributed by atoms with Crippen molar-refractivity contribution in [3.63, 3.8) is 0 Å². The van der Waals surface area contributed by atoms with E-state index >= 15 is 0 Å². The molecule has 1 rings (SSSR count). The standard InChI is InChI=1S/C12H21N3O4/c1-2-3-7-13-11(19)15-9(16)8-14-12(10(17)18)5-4-6-12/h14H,2-8H2,1H3,(H,17,18)(H2,13,15,16,19). The van der Waals surface area contributed by atoms with Crippen LogP contribution in [0, 0.1) is 0 Å². The van der Waals surface area contributed by atoms with Crippen LogP contribution in [-0.2, 0) is 9.59 Å². The summed E-state index contributed by atoms with van der Waals surface area (Å²) in [6.45, 7) is 2.34. The summed E-state index contributed by atoms with van der Waals surface area (Å²) in [5, 5.41) is 16.5. The number of hydrogen-bond donors (Lipinski definition) is 4. The summed E-state index contributed by atoms with van der Waals surface area (Å²) in [7, 11) is 0. The highest BCUT2D eigenvalue weighted by atomic mass is 16.4. The summed E-state index contributed by atoms with van der Waals surface area (Å²) in [6, 6.07) is -0.543. The number of carboxylic acids is 1. The lowest BCUT2D eigenvalue weighted by Gasteiger charge is -2.38. The van der Waals surface area contributed by atoms with Crippen molar-refractivity contribution >= 4 is 17.9 Å². The van der Waals surface area contributed by atoms with Gasteiger partial charge >= 0.3 is 12.0 Å². The molecule has 0 heterocycles. The molecule has 0 radical (unpaired) electrons. The first-order valence-electron chi connectivity index (χ1n) is 6.56. The molecule has 1 aliphatic carbocycles. The quantitative estimate of drug-likeness (QED) is 0.495. The van der Waals surface area contributed by atoms with Gasteiger partial charge in [0.25, 0.3) is 0 Å². The van der Waals surface area contributed by atoms with Crippen molar-refractivity contribution in [3.8, 4) is 0 Å². The minimum atomic E-state index is -0.990. The van der Waals surface area contributed by atoms with Crippen molar-refractivity contribution in [2.75, 3.05) is 13.1 Å². The summed E-state index contributed by atoms with van der Waals surface area (Å²) in [5.74, 6) is -1.47. The molecule has 3 amide bonds. The van der Waals surface area contributed by atoms with Crippen LogP contribution >= 0.6 is 0 Å². The molecular formula is C12H21N3O4. The summed E-state index contributed by atoms with van der Waals surface area (Å²) >= 11 is 0. The Morgan fingerprint density at radius 1 is 1.26 bits per heavy atom. The topological polar surface area (TPSA) is 108 Å². The van der Waals surface area contributed by atoms with E-state index in [-0.39, 0.29) is 6.54 Å². The van der Waals surface area contributed by atoms with E-state index in [1.165, 1.54) is 0 Å². The second-order valence-corrected chi connectivity index (χ2v) is 4.75. The van der Waals surface area contributed by atoms with Crippen LogP contribution in [0.3, 0.4) is 0 Å². The molecular weight excluding hydrogens is 250 g/mol. The molecule has 0 aromatic rings. The van der Waals surface area contributed by atoms with Crippen LogP contribution in [0.4, 0.5) is 4.79 Å². The Labute approximate surface area is 112 Å². The van der Waals surface area contributed by atoms with E-state index < -0.39 is 23.4 Å². The predicted octanol–water partition coefficient (Wildman–Crippen LogP) is 0.209. The largest absolute Gasteiger partial charge is 0.480 e. The van der Waals surface area contributed by atoms with Crippen LogP contribution in [0.15, 0.2) is 0 Å². The molecule has 1 aliphatic rings. The highest BCUT2D eigenvalue weighted by Gasteiger charge is 2.44. The molecule has 108 valence electrons. The molecule has 0 saturated heterocycles. The van der Waals surface area contributed by atoms with Gasteiger partial charge in [-0.3, -0.25) is 20.2 Å². The van der Waals surface area contributed by atoms with Gasteiger partial charge in [0.2, 0.25) is 5.91 Å². The van der Waals surface area contributed by atoms with E-state index in [0.717, 1.165) is 19.3 Å². The molecule has 0 spiro atoms. The Morgan fingerprint density at radius 2 is 1.95 bits per heavy atom. The zero-order valence-corrected chi connectivity index (χ0v) is 11.1. The van der Waals surface area contributed by atoms with Gasteiger partial charge in [-0.2, -0.15) is 0 Å². The smallest absolute Gasteiger partial charge is 0.323 e. The average Bonchev–Trinajstić information content (AvgIpc) is 2.27. The van der Waals surface area contributed by atoms with Crippen LogP contribution in [0.2, 0.25) is 0 Å². The number of rotatable bonds is 7. The fourth-order valence-corrected chi connectivity index (χ4v) is 1.84. The summed E-state index contributed by atoms with van der Waals surface area (Å²) < 4.78 is 0. The number of carboxylic acid groups (broad SMARTS) is 1. The number of hydrogen-bond acceptors (Lipinski definition) is 4. The first-order chi connectivity index (χ1) is 9.00. The lowest BCUT2D eigenvalue weighted by Crippen LogP contribution is -2.59. The monoisotopic (exact) mass is 271 g/mol. The van der Waals surface area contributed by atoms with E-state index in [4.69, 9.17) is 5.11 Å². The summed E-state index contributed by atoms with van der Waals surface area (Å²) in [6.07, 6.45) is 3.66. The average molecular weight is 271 g/mol. The normalized spacial score (nSPS) is 16.3. The Morgan fingerprint density at radius 3 is 2.42 bits per heavy atom. The number of nitrogens with one attached hydrogen (secondary N) is 3. The van der Waals surface area contributed by atoms with E-state index in [0.29, 0.717) is 19.4 Å². The molecule has 0 unspecified atom stereocenters. The van der Waals surface area contributed by atoms with Gasteiger partial charge in [0.05, 0.1) is 6.54 Å². The molecule has 19 heavy (non-hydrogen) atoms. The molecule has 0 atom stereocenters. The molecule has 0 aromatic carbocycles. The fraction of sp³-hybridized carbons (Fsp3) is 0.750. The van der Waals surface area contributed by atoms with E-state index in [2.05, 4.69) is 16.0 Å². The number of amides is 3. The maximum Gasteiger partial charge on any atom is 0.323 e. The number of imide groups is 1. The van der Waals surface area contributed by atoms with Crippen LogP contribution < -0.4 is 16.0 Å². The highest BCUT2D eigenvalue weighted by molar-refractivity contribution is 5.95. The summed E-state index contributed by atoms with van der Waals surface area (Å²) in [4.78, 5) is 33.8. The lowest BCUT2D eigenvalue weighted by molar-refractivity contribution is -0.148. The molecule has 0 aromatic heterocycles. The van der Waals surface area contributed by atoms with Crippen LogP contribution in [-0.4, -0.2) is 41.6 Å². The first kappa shape index (κ1) is 15.4. The highest BCUT2D eigenvalue weighted by Crippen LogP contribution is 2.31. The predicted molar refractivity (Wildman–Crippen MR) is 68.7 cm³/mol. The zero-order chi connectivity index (χ0) is 14.3. The Hall–Kier alpha value is -1.63. The molecule has 1 saturated carbocycles. The van der Waals surface area contributed by atoms with Gasteiger partial charge in [-0.15, -0.1) is 0 Å². The second kappa shape index (κ2) is 7.08. The number of unbranched alkanes of at least 4 members (excludes halogenated alkanes) is 1. The van der Waals surface area contributed by atoms with Crippen molar-refractivity contribution < 1.29 is 19.5 Å². The number of carbonyl (C=O) groups is 3. The van der Waals surface area contributed by atoms with Gasteiger partial charge in [0, 0.05) is 6.54 Å². The van der Waals surface area contributed by atoms with Gasteiger partial charge in [0.1, 0.15) is 5.54 Å². The van der Waals surface area contributed by atoms with E-state index in [1.54, 1.807) is 0 Å². The van der Waals surface area contributed by atoms with E-state index in [9.17, 15) is 14.4 Å². The van der Waals surface area contributed by atoms with Crippen molar-refractivity contribution in [3.05, 3.63) is 0 Å². The third-order valence-corrected chi connectivity index (χ3v) is 3.27. The van der Waals surface area contributed by atoms with Gasteiger partial charge in [-0.05, 0) is 25.7 Å². The fourth-order valence-electron chi connectivity index (χ4n) is 1.84.